The molecular weight excluding hydrogens is 464 g/mol. The predicted molar refractivity (Wildman–Crippen MR) is 138 cm³/mol. The number of hydrogen-bond donors (Lipinski definition) is 4. The summed E-state index contributed by atoms with van der Waals surface area (Å²) >= 11 is 3.76. The van der Waals surface area contributed by atoms with E-state index >= 15 is 0 Å². The smallest absolute Gasteiger partial charge is 0.247 e. The third-order valence-corrected chi connectivity index (χ3v) is 7.01. The lowest BCUT2D eigenvalue weighted by Crippen LogP contribution is -2.41. The molecule has 0 radical (unpaired) electrons. The highest BCUT2D eigenvalue weighted by molar-refractivity contribution is 7.98. The molecule has 8 nitrogen and oxygen atoms in total. The zero-order chi connectivity index (χ0) is 24.2. The Hall–Kier alpha value is -2.46. The van der Waals surface area contributed by atoms with E-state index < -0.39 is 0 Å². The van der Waals surface area contributed by atoms with Crippen molar-refractivity contribution in [1.82, 2.24) is 19.9 Å². The van der Waals surface area contributed by atoms with E-state index in [-0.39, 0.29) is 0 Å². The van der Waals surface area contributed by atoms with Gasteiger partial charge >= 0.3 is 0 Å². The van der Waals surface area contributed by atoms with E-state index in [0.29, 0.717) is 0 Å². The highest BCUT2D eigenvalue weighted by Crippen LogP contribution is 2.00. The van der Waals surface area contributed by atoms with E-state index in [1.165, 1.54) is 23.3 Å². The first-order chi connectivity index (χ1) is 16.7. The fraction of sp³-hybridized carbons (Fsp3) is 0.500. The molecule has 4 N–H and O–H groups in total. The van der Waals surface area contributed by atoms with Gasteiger partial charge in [0.1, 0.15) is 49.6 Å². The van der Waals surface area contributed by atoms with Crippen LogP contribution >= 0.6 is 23.5 Å². The molecule has 0 unspecified atom stereocenters. The summed E-state index contributed by atoms with van der Waals surface area (Å²) in [6.45, 7) is 8.44. The van der Waals surface area contributed by atoms with Gasteiger partial charge in [-0.05, 0) is 26.4 Å². The van der Waals surface area contributed by atoms with E-state index in [4.69, 9.17) is 0 Å². The minimum absolute atomic E-state index is 0.918. The van der Waals surface area contributed by atoms with Gasteiger partial charge in [0, 0.05) is 11.5 Å². The zero-order valence-corrected chi connectivity index (χ0v) is 22.5. The van der Waals surface area contributed by atoms with Crippen LogP contribution in [0.1, 0.15) is 37.1 Å². The predicted octanol–water partition coefficient (Wildman–Crippen LogP) is 1.78. The Balaban J connectivity index is 0.000000196. The van der Waals surface area contributed by atoms with Gasteiger partial charge in [0.15, 0.2) is 12.8 Å². The third-order valence-electron chi connectivity index (χ3n) is 5.83. The standard InChI is InChI=1S/C13H20N4S2.C11H16N4/c1-18-9-7-16-5-3-14-12(16)11-13-15-4-6-17(13)8-10-19-2;1-3-14-7-5-12-10(14)9-11-13-6-8-15(11)4-2/h3-6H,7-11H2,1-2H3;5-8H,3-4,9H2,1-2H3/p+4. The summed E-state index contributed by atoms with van der Waals surface area (Å²) in [4.78, 5) is 13.3. The van der Waals surface area contributed by atoms with Crippen molar-refractivity contribution >= 4 is 23.5 Å². The van der Waals surface area contributed by atoms with Crippen LogP contribution in [0.4, 0.5) is 0 Å². The lowest BCUT2D eigenvalue weighted by Gasteiger charge is -2.00. The van der Waals surface area contributed by atoms with Gasteiger partial charge in [0.05, 0.1) is 26.2 Å². The van der Waals surface area contributed by atoms with Crippen LogP contribution in [0.15, 0.2) is 49.6 Å². The molecule has 4 aromatic heterocycles. The molecule has 0 aliphatic carbocycles. The molecule has 0 fully saturated rings. The van der Waals surface area contributed by atoms with Gasteiger partial charge in [0.25, 0.3) is 23.3 Å². The molecule has 0 atom stereocenters. The van der Waals surface area contributed by atoms with Crippen molar-refractivity contribution in [3.63, 3.8) is 0 Å². The first-order valence-corrected chi connectivity index (χ1v) is 14.7. The molecule has 0 bridgehead atoms. The summed E-state index contributed by atoms with van der Waals surface area (Å²) in [5.41, 5.74) is 0. The highest BCUT2D eigenvalue weighted by atomic mass is 32.2. The van der Waals surface area contributed by atoms with Crippen molar-refractivity contribution in [2.75, 3.05) is 24.0 Å². The molecule has 0 amide bonds. The lowest BCUT2D eigenvalue weighted by molar-refractivity contribution is -0.711. The second-order valence-corrected chi connectivity index (χ2v) is 9.90. The summed E-state index contributed by atoms with van der Waals surface area (Å²) in [6, 6.07) is 0. The Morgan fingerprint density at radius 3 is 1.21 bits per heavy atom. The maximum absolute atomic E-state index is 3.35. The minimum atomic E-state index is 0.918. The van der Waals surface area contributed by atoms with Crippen LogP contribution < -0.4 is 18.3 Å². The fourth-order valence-electron chi connectivity index (χ4n) is 3.90. The van der Waals surface area contributed by atoms with Crippen molar-refractivity contribution in [3.8, 4) is 0 Å². The molecule has 0 saturated heterocycles. The molecule has 10 heteroatoms. The summed E-state index contributed by atoms with van der Waals surface area (Å²) in [5, 5.41) is 0. The average Bonchev–Trinajstić information content (AvgIpc) is 3.66. The molecule has 4 aromatic rings. The number of thioether (sulfide) groups is 2. The van der Waals surface area contributed by atoms with Gasteiger partial charge in [-0.3, -0.25) is 0 Å². The SMILES string of the molecule is CC[n+]1cc[nH]c1Cc1[nH]cc[n+]1CC.CSCC[n+]1cc[nH]c1Cc1[nH]cc[n+]1CCSC. The molecule has 34 heavy (non-hydrogen) atoms. The number of aromatic nitrogens is 8. The number of aromatic amines is 4. The number of H-pyrrole nitrogens is 4. The Bertz CT molecular complexity index is 1010. The van der Waals surface area contributed by atoms with Crippen LogP contribution in [-0.4, -0.2) is 44.0 Å². The number of rotatable bonds is 12. The van der Waals surface area contributed by atoms with Crippen LogP contribution in [0.25, 0.3) is 0 Å². The van der Waals surface area contributed by atoms with Crippen LogP contribution in [0.3, 0.4) is 0 Å². The maximum atomic E-state index is 3.35. The van der Waals surface area contributed by atoms with E-state index in [9.17, 15) is 0 Å². The van der Waals surface area contributed by atoms with Crippen molar-refractivity contribution in [1.29, 1.82) is 0 Å². The second-order valence-electron chi connectivity index (χ2n) is 7.93. The molecular formula is C24H40N8S2+4. The number of hydrogen-bond acceptors (Lipinski definition) is 2. The molecule has 0 aliphatic heterocycles. The van der Waals surface area contributed by atoms with Gasteiger partial charge < -0.3 is 0 Å². The van der Waals surface area contributed by atoms with Gasteiger partial charge in [-0.15, -0.1) is 0 Å². The van der Waals surface area contributed by atoms with Crippen molar-refractivity contribution in [2.24, 2.45) is 0 Å². The van der Waals surface area contributed by atoms with Crippen LogP contribution in [0, 0.1) is 0 Å². The number of aryl methyl sites for hydroxylation is 4. The molecule has 184 valence electrons. The summed E-state index contributed by atoms with van der Waals surface area (Å²) in [6.07, 6.45) is 22.5. The second kappa shape index (κ2) is 14.1. The number of nitrogens with zero attached hydrogens (tertiary/aromatic N) is 4. The topological polar surface area (TPSA) is 78.7 Å². The average molecular weight is 505 g/mol. The van der Waals surface area contributed by atoms with Crippen molar-refractivity contribution in [2.45, 2.75) is 52.9 Å². The van der Waals surface area contributed by atoms with E-state index in [1.54, 1.807) is 0 Å². The maximum Gasteiger partial charge on any atom is 0.266 e. The van der Waals surface area contributed by atoms with E-state index in [1.807, 2.05) is 48.3 Å². The molecule has 4 rings (SSSR count). The van der Waals surface area contributed by atoms with E-state index in [0.717, 1.165) is 50.5 Å². The Labute approximate surface area is 211 Å². The number of imidazole rings is 4. The normalized spacial score (nSPS) is 10.9. The third kappa shape index (κ3) is 7.27. The lowest BCUT2D eigenvalue weighted by atomic mass is 10.3. The van der Waals surface area contributed by atoms with Crippen LogP contribution in [0.2, 0.25) is 0 Å². The molecule has 4 heterocycles. The molecule has 0 aromatic carbocycles. The summed E-state index contributed by atoms with van der Waals surface area (Å²) in [7, 11) is 0. The van der Waals surface area contributed by atoms with Crippen molar-refractivity contribution in [3.05, 3.63) is 72.9 Å². The highest BCUT2D eigenvalue weighted by Gasteiger charge is 2.19. The summed E-state index contributed by atoms with van der Waals surface area (Å²) in [5.74, 6) is 7.28. The van der Waals surface area contributed by atoms with Crippen LogP contribution in [0.5, 0.6) is 0 Å². The monoisotopic (exact) mass is 504 g/mol. The van der Waals surface area contributed by atoms with Gasteiger partial charge in [-0.1, -0.05) is 0 Å². The Kier molecular flexibility index (Phi) is 10.8. The Morgan fingerprint density at radius 1 is 0.559 bits per heavy atom. The van der Waals surface area contributed by atoms with Crippen molar-refractivity contribution < 1.29 is 18.3 Å². The van der Waals surface area contributed by atoms with Gasteiger partial charge in [-0.25, -0.2) is 38.2 Å². The minimum Gasteiger partial charge on any atom is -0.247 e. The molecule has 0 saturated carbocycles. The molecule has 0 aliphatic rings. The Morgan fingerprint density at radius 2 is 0.882 bits per heavy atom. The fourth-order valence-corrected chi connectivity index (χ4v) is 4.66. The first-order valence-electron chi connectivity index (χ1n) is 11.9. The van der Waals surface area contributed by atoms with E-state index in [2.05, 4.69) is 89.4 Å². The quantitative estimate of drug-likeness (QED) is 0.222. The zero-order valence-electron chi connectivity index (χ0n) is 20.9. The van der Waals surface area contributed by atoms with Gasteiger partial charge in [0.2, 0.25) is 0 Å². The molecule has 0 spiro atoms. The largest absolute Gasteiger partial charge is 0.266 e. The van der Waals surface area contributed by atoms with Crippen LogP contribution in [-0.2, 0) is 39.0 Å². The first kappa shape index (κ1) is 26.2. The summed E-state index contributed by atoms with van der Waals surface area (Å²) < 4.78 is 9.05. The number of nitrogens with one attached hydrogen (secondary N) is 4. The van der Waals surface area contributed by atoms with Gasteiger partial charge in [-0.2, -0.15) is 23.5 Å².